The molecule has 1 heterocycles. The van der Waals surface area contributed by atoms with E-state index in [-0.39, 0.29) is 18.0 Å². The second-order valence-corrected chi connectivity index (χ2v) is 4.32. The minimum atomic E-state index is -0.199. The number of hydrogen-bond acceptors (Lipinski definition) is 2. The van der Waals surface area contributed by atoms with Crippen LogP contribution in [0.4, 0.5) is 0 Å². The third kappa shape index (κ3) is 2.62. The third-order valence-corrected chi connectivity index (χ3v) is 3.08. The SMILES string of the molecule is CCC(C)NC(=O)C(C)n1cnc(C)c1C. The van der Waals surface area contributed by atoms with Crippen molar-refractivity contribution >= 4 is 5.91 Å². The summed E-state index contributed by atoms with van der Waals surface area (Å²) in [6.45, 7) is 9.89. The average molecular weight is 223 g/mol. The third-order valence-electron chi connectivity index (χ3n) is 3.08. The van der Waals surface area contributed by atoms with Crippen molar-refractivity contribution in [1.82, 2.24) is 14.9 Å². The van der Waals surface area contributed by atoms with Crippen LogP contribution in [0.1, 0.15) is 44.6 Å². The van der Waals surface area contributed by atoms with E-state index in [2.05, 4.69) is 17.2 Å². The van der Waals surface area contributed by atoms with Gasteiger partial charge in [0.15, 0.2) is 0 Å². The van der Waals surface area contributed by atoms with E-state index in [0.717, 1.165) is 17.8 Å². The Balaban J connectivity index is 2.74. The molecule has 0 radical (unpaired) electrons. The van der Waals surface area contributed by atoms with E-state index in [1.165, 1.54) is 0 Å². The summed E-state index contributed by atoms with van der Waals surface area (Å²) in [5, 5.41) is 2.98. The summed E-state index contributed by atoms with van der Waals surface area (Å²) in [7, 11) is 0. The fourth-order valence-electron chi connectivity index (χ4n) is 1.50. The van der Waals surface area contributed by atoms with Gasteiger partial charge in [-0.2, -0.15) is 0 Å². The minimum Gasteiger partial charge on any atom is -0.352 e. The number of aromatic nitrogens is 2. The standard InChI is InChI=1S/C12H21N3O/c1-6-8(2)14-12(16)11(5)15-7-13-9(3)10(15)4/h7-8,11H,6H2,1-5H3,(H,14,16). The number of aryl methyl sites for hydroxylation is 1. The lowest BCUT2D eigenvalue weighted by atomic mass is 10.2. The number of nitrogens with zero attached hydrogens (tertiary/aromatic N) is 2. The number of carbonyl (C=O) groups is 1. The van der Waals surface area contributed by atoms with Crippen LogP contribution < -0.4 is 5.32 Å². The quantitative estimate of drug-likeness (QED) is 0.848. The predicted molar refractivity (Wildman–Crippen MR) is 64.3 cm³/mol. The molecule has 0 aliphatic rings. The van der Waals surface area contributed by atoms with Gasteiger partial charge < -0.3 is 9.88 Å². The summed E-state index contributed by atoms with van der Waals surface area (Å²) in [4.78, 5) is 16.1. The molecule has 0 saturated carbocycles. The first-order valence-electron chi connectivity index (χ1n) is 5.77. The summed E-state index contributed by atoms with van der Waals surface area (Å²) in [5.41, 5.74) is 2.02. The summed E-state index contributed by atoms with van der Waals surface area (Å²) in [5.74, 6) is 0.0508. The highest BCUT2D eigenvalue weighted by molar-refractivity contribution is 5.80. The van der Waals surface area contributed by atoms with Gasteiger partial charge >= 0.3 is 0 Å². The Morgan fingerprint density at radius 3 is 2.56 bits per heavy atom. The van der Waals surface area contributed by atoms with E-state index in [9.17, 15) is 4.79 Å². The monoisotopic (exact) mass is 223 g/mol. The van der Waals surface area contributed by atoms with Gasteiger partial charge in [-0.15, -0.1) is 0 Å². The average Bonchev–Trinajstić information content (AvgIpc) is 2.58. The highest BCUT2D eigenvalue weighted by atomic mass is 16.2. The Bertz CT molecular complexity index is 370. The zero-order valence-electron chi connectivity index (χ0n) is 10.7. The highest BCUT2D eigenvalue weighted by Crippen LogP contribution is 2.12. The molecule has 1 rings (SSSR count). The smallest absolute Gasteiger partial charge is 0.243 e. The van der Waals surface area contributed by atoms with Crippen LogP contribution in [0, 0.1) is 13.8 Å². The Labute approximate surface area is 97.1 Å². The van der Waals surface area contributed by atoms with Crippen molar-refractivity contribution in [3.05, 3.63) is 17.7 Å². The van der Waals surface area contributed by atoms with Crippen LogP contribution in [0.2, 0.25) is 0 Å². The first kappa shape index (κ1) is 12.7. The van der Waals surface area contributed by atoms with Crippen molar-refractivity contribution in [2.45, 2.75) is 53.1 Å². The van der Waals surface area contributed by atoms with E-state index in [1.807, 2.05) is 32.3 Å². The molecule has 1 N–H and O–H groups in total. The molecule has 0 aliphatic carbocycles. The molecule has 90 valence electrons. The molecule has 0 aliphatic heterocycles. The van der Waals surface area contributed by atoms with E-state index in [4.69, 9.17) is 0 Å². The van der Waals surface area contributed by atoms with E-state index < -0.39 is 0 Å². The van der Waals surface area contributed by atoms with Crippen molar-refractivity contribution in [2.24, 2.45) is 0 Å². The van der Waals surface area contributed by atoms with Gasteiger partial charge in [0.1, 0.15) is 6.04 Å². The Hall–Kier alpha value is -1.32. The number of rotatable bonds is 4. The molecular formula is C12H21N3O. The van der Waals surface area contributed by atoms with Gasteiger partial charge in [0.2, 0.25) is 5.91 Å². The number of hydrogen-bond donors (Lipinski definition) is 1. The summed E-state index contributed by atoms with van der Waals surface area (Å²) < 4.78 is 1.91. The van der Waals surface area contributed by atoms with Crippen molar-refractivity contribution in [1.29, 1.82) is 0 Å². The Morgan fingerprint density at radius 1 is 1.50 bits per heavy atom. The van der Waals surface area contributed by atoms with Crippen LogP contribution >= 0.6 is 0 Å². The maximum absolute atomic E-state index is 11.9. The fourth-order valence-corrected chi connectivity index (χ4v) is 1.50. The van der Waals surface area contributed by atoms with Gasteiger partial charge in [-0.1, -0.05) is 6.92 Å². The Kier molecular flexibility index (Phi) is 4.10. The molecule has 0 fully saturated rings. The molecule has 4 heteroatoms. The van der Waals surface area contributed by atoms with E-state index in [0.29, 0.717) is 0 Å². The van der Waals surface area contributed by atoms with Gasteiger partial charge in [0, 0.05) is 11.7 Å². The van der Waals surface area contributed by atoms with Gasteiger partial charge in [-0.3, -0.25) is 4.79 Å². The predicted octanol–water partition coefficient (Wildman–Crippen LogP) is 1.98. The second-order valence-electron chi connectivity index (χ2n) is 4.32. The molecule has 0 spiro atoms. The number of carbonyl (C=O) groups excluding carboxylic acids is 1. The lowest BCUT2D eigenvalue weighted by Gasteiger charge is -2.18. The summed E-state index contributed by atoms with van der Waals surface area (Å²) in [6, 6.07) is 0.0232. The topological polar surface area (TPSA) is 46.9 Å². The molecule has 4 nitrogen and oxygen atoms in total. The molecule has 0 aromatic carbocycles. The molecule has 2 unspecified atom stereocenters. The zero-order chi connectivity index (χ0) is 12.3. The maximum Gasteiger partial charge on any atom is 0.243 e. The maximum atomic E-state index is 11.9. The van der Waals surface area contributed by atoms with Crippen LogP contribution in [0.25, 0.3) is 0 Å². The van der Waals surface area contributed by atoms with E-state index >= 15 is 0 Å². The van der Waals surface area contributed by atoms with Gasteiger partial charge in [0.25, 0.3) is 0 Å². The summed E-state index contributed by atoms with van der Waals surface area (Å²) >= 11 is 0. The van der Waals surface area contributed by atoms with Gasteiger partial charge in [-0.25, -0.2) is 4.98 Å². The number of nitrogens with one attached hydrogen (secondary N) is 1. The molecule has 0 saturated heterocycles. The van der Waals surface area contributed by atoms with Crippen LogP contribution in [-0.2, 0) is 4.79 Å². The van der Waals surface area contributed by atoms with Crippen molar-refractivity contribution < 1.29 is 4.79 Å². The minimum absolute atomic E-state index is 0.0508. The lowest BCUT2D eigenvalue weighted by Crippen LogP contribution is -2.37. The largest absolute Gasteiger partial charge is 0.352 e. The molecule has 1 amide bonds. The molecule has 1 aromatic heterocycles. The normalized spacial score (nSPS) is 14.6. The first-order chi connectivity index (χ1) is 7.47. The van der Waals surface area contributed by atoms with Crippen LogP contribution in [0.3, 0.4) is 0 Å². The molecule has 16 heavy (non-hydrogen) atoms. The highest BCUT2D eigenvalue weighted by Gasteiger charge is 2.18. The van der Waals surface area contributed by atoms with Gasteiger partial charge in [0.05, 0.1) is 12.0 Å². The lowest BCUT2D eigenvalue weighted by molar-refractivity contribution is -0.124. The molecule has 0 bridgehead atoms. The van der Waals surface area contributed by atoms with Crippen molar-refractivity contribution in [3.63, 3.8) is 0 Å². The molecular weight excluding hydrogens is 202 g/mol. The zero-order valence-corrected chi connectivity index (χ0v) is 10.7. The first-order valence-corrected chi connectivity index (χ1v) is 5.77. The Morgan fingerprint density at radius 2 is 2.12 bits per heavy atom. The number of amides is 1. The van der Waals surface area contributed by atoms with Gasteiger partial charge in [-0.05, 0) is 34.1 Å². The van der Waals surface area contributed by atoms with Crippen LogP contribution in [0.5, 0.6) is 0 Å². The van der Waals surface area contributed by atoms with Crippen molar-refractivity contribution in [2.75, 3.05) is 0 Å². The fraction of sp³-hybridized carbons (Fsp3) is 0.667. The van der Waals surface area contributed by atoms with Crippen molar-refractivity contribution in [3.8, 4) is 0 Å². The van der Waals surface area contributed by atoms with Crippen LogP contribution in [-0.4, -0.2) is 21.5 Å². The summed E-state index contributed by atoms with van der Waals surface area (Å²) in [6.07, 6.45) is 2.67. The number of imidazole rings is 1. The second kappa shape index (κ2) is 5.14. The molecule has 1 aromatic rings. The molecule has 2 atom stereocenters. The van der Waals surface area contributed by atoms with E-state index in [1.54, 1.807) is 6.33 Å². The van der Waals surface area contributed by atoms with Crippen LogP contribution in [0.15, 0.2) is 6.33 Å².